The Morgan fingerprint density at radius 1 is 1.37 bits per heavy atom. The molecule has 2 aromatic rings. The van der Waals surface area contributed by atoms with Crippen molar-refractivity contribution in [1.82, 2.24) is 14.5 Å². The van der Waals surface area contributed by atoms with Crippen LogP contribution in [0.1, 0.15) is 30.1 Å². The lowest BCUT2D eigenvalue weighted by Crippen LogP contribution is -2.23. The Labute approximate surface area is 111 Å². The minimum absolute atomic E-state index is 0.0430. The number of anilines is 1. The Morgan fingerprint density at radius 2 is 2.21 bits per heavy atom. The Hall–Kier alpha value is -2.17. The summed E-state index contributed by atoms with van der Waals surface area (Å²) in [5, 5.41) is 3.09. The van der Waals surface area contributed by atoms with E-state index in [0.717, 1.165) is 24.1 Å². The van der Waals surface area contributed by atoms with Crippen molar-refractivity contribution in [2.75, 3.05) is 5.32 Å². The Bertz CT molecular complexity index is 646. The van der Waals surface area contributed by atoms with Crippen LogP contribution in [0.4, 0.5) is 5.82 Å². The second kappa shape index (κ2) is 4.84. The third-order valence-electron chi connectivity index (χ3n) is 3.35. The summed E-state index contributed by atoms with van der Waals surface area (Å²) in [6, 6.07) is 4.28. The summed E-state index contributed by atoms with van der Waals surface area (Å²) < 4.78 is 1.76. The molecule has 1 aliphatic rings. The molecule has 0 aromatic carbocycles. The number of hydrogen-bond acceptors (Lipinski definition) is 4. The quantitative estimate of drug-likeness (QED) is 0.907. The van der Waals surface area contributed by atoms with Crippen LogP contribution < -0.4 is 10.9 Å². The molecule has 0 atom stereocenters. The number of pyridine rings is 1. The molecule has 1 fully saturated rings. The predicted molar refractivity (Wildman–Crippen MR) is 73.1 cm³/mol. The maximum atomic E-state index is 12.2. The van der Waals surface area contributed by atoms with Gasteiger partial charge in [-0.1, -0.05) is 6.07 Å². The smallest absolute Gasteiger partial charge is 0.293 e. The van der Waals surface area contributed by atoms with E-state index in [2.05, 4.69) is 15.3 Å². The molecule has 0 bridgehead atoms. The summed E-state index contributed by atoms with van der Waals surface area (Å²) in [6.07, 6.45) is 7.36. The number of nitrogens with zero attached hydrogens (tertiary/aromatic N) is 3. The summed E-state index contributed by atoms with van der Waals surface area (Å²) in [5.74, 6) is 0.402. The maximum Gasteiger partial charge on any atom is 0.293 e. The molecule has 2 heterocycles. The van der Waals surface area contributed by atoms with E-state index >= 15 is 0 Å². The van der Waals surface area contributed by atoms with Gasteiger partial charge in [0.15, 0.2) is 5.82 Å². The minimum Gasteiger partial charge on any atom is -0.360 e. The third kappa shape index (κ3) is 2.50. The van der Waals surface area contributed by atoms with Gasteiger partial charge in [0.1, 0.15) is 0 Å². The zero-order chi connectivity index (χ0) is 13.2. The van der Waals surface area contributed by atoms with Crippen LogP contribution >= 0.6 is 0 Å². The SMILES string of the molecule is Cc1cccnc1CNc1nccn(C2CC2)c1=O. The first-order valence-electron chi connectivity index (χ1n) is 6.47. The number of aryl methyl sites for hydroxylation is 1. The highest BCUT2D eigenvalue weighted by atomic mass is 16.1. The van der Waals surface area contributed by atoms with Crippen LogP contribution in [0.15, 0.2) is 35.5 Å². The molecule has 0 radical (unpaired) electrons. The van der Waals surface area contributed by atoms with Gasteiger partial charge in [-0.2, -0.15) is 0 Å². The van der Waals surface area contributed by atoms with E-state index < -0.39 is 0 Å². The van der Waals surface area contributed by atoms with Gasteiger partial charge >= 0.3 is 0 Å². The summed E-state index contributed by atoms with van der Waals surface area (Å²) >= 11 is 0. The van der Waals surface area contributed by atoms with Gasteiger partial charge in [0.25, 0.3) is 5.56 Å². The summed E-state index contributed by atoms with van der Waals surface area (Å²) in [6.45, 7) is 2.52. The lowest BCUT2D eigenvalue weighted by Gasteiger charge is -2.09. The summed E-state index contributed by atoms with van der Waals surface area (Å²) in [7, 11) is 0. The van der Waals surface area contributed by atoms with Gasteiger partial charge in [-0.25, -0.2) is 4.98 Å². The van der Waals surface area contributed by atoms with Crippen LogP contribution in [0.2, 0.25) is 0 Å². The van der Waals surface area contributed by atoms with Gasteiger partial charge in [0.2, 0.25) is 0 Å². The van der Waals surface area contributed by atoms with Crippen LogP contribution in [0, 0.1) is 6.92 Å². The fraction of sp³-hybridized carbons (Fsp3) is 0.357. The van der Waals surface area contributed by atoms with E-state index in [1.54, 1.807) is 23.2 Å². The zero-order valence-corrected chi connectivity index (χ0v) is 10.8. The molecule has 0 unspecified atom stereocenters. The van der Waals surface area contributed by atoms with Gasteiger partial charge in [0, 0.05) is 24.6 Å². The van der Waals surface area contributed by atoms with Crippen LogP contribution in [-0.2, 0) is 6.54 Å². The summed E-state index contributed by atoms with van der Waals surface area (Å²) in [5.41, 5.74) is 2.00. The molecule has 1 saturated carbocycles. The van der Waals surface area contributed by atoms with Crippen LogP contribution in [0.25, 0.3) is 0 Å². The zero-order valence-electron chi connectivity index (χ0n) is 10.8. The van der Waals surface area contributed by atoms with Crippen LogP contribution in [-0.4, -0.2) is 14.5 Å². The van der Waals surface area contributed by atoms with E-state index in [-0.39, 0.29) is 5.56 Å². The molecule has 0 amide bonds. The number of hydrogen-bond donors (Lipinski definition) is 1. The van der Waals surface area contributed by atoms with Crippen LogP contribution in [0.5, 0.6) is 0 Å². The fourth-order valence-corrected chi connectivity index (χ4v) is 2.06. The first-order valence-corrected chi connectivity index (χ1v) is 6.47. The third-order valence-corrected chi connectivity index (χ3v) is 3.35. The van der Waals surface area contributed by atoms with Gasteiger partial charge in [-0.05, 0) is 31.4 Å². The Morgan fingerprint density at radius 3 is 2.95 bits per heavy atom. The van der Waals surface area contributed by atoms with Crippen molar-refractivity contribution < 1.29 is 0 Å². The predicted octanol–water partition coefficient (Wildman–Crippen LogP) is 1.89. The normalized spacial score (nSPS) is 14.4. The van der Waals surface area contributed by atoms with Crippen LogP contribution in [0.3, 0.4) is 0 Å². The van der Waals surface area contributed by atoms with Gasteiger partial charge in [-0.3, -0.25) is 9.78 Å². The number of rotatable bonds is 4. The monoisotopic (exact) mass is 256 g/mol. The molecule has 0 aliphatic heterocycles. The fourth-order valence-electron chi connectivity index (χ4n) is 2.06. The molecule has 98 valence electrons. The number of nitrogens with one attached hydrogen (secondary N) is 1. The van der Waals surface area contributed by atoms with Crippen molar-refractivity contribution in [1.29, 1.82) is 0 Å². The first-order chi connectivity index (χ1) is 9.25. The van der Waals surface area contributed by atoms with Gasteiger partial charge in [-0.15, -0.1) is 0 Å². The second-order valence-corrected chi connectivity index (χ2v) is 4.84. The van der Waals surface area contributed by atoms with Crippen molar-refractivity contribution in [3.05, 3.63) is 52.3 Å². The average Bonchev–Trinajstić information content (AvgIpc) is 3.24. The maximum absolute atomic E-state index is 12.2. The summed E-state index contributed by atoms with van der Waals surface area (Å²) in [4.78, 5) is 20.6. The standard InChI is InChI=1S/C14H16N4O/c1-10-3-2-6-15-12(10)9-17-13-14(19)18(8-7-16-13)11-4-5-11/h2-3,6-8,11H,4-5,9H2,1H3,(H,16,17). The van der Waals surface area contributed by atoms with Crippen molar-refractivity contribution >= 4 is 5.82 Å². The molecular weight excluding hydrogens is 240 g/mol. The molecule has 2 aromatic heterocycles. The van der Waals surface area contributed by atoms with Crippen molar-refractivity contribution in [3.8, 4) is 0 Å². The van der Waals surface area contributed by atoms with E-state index in [1.165, 1.54) is 0 Å². The lowest BCUT2D eigenvalue weighted by atomic mass is 10.2. The van der Waals surface area contributed by atoms with E-state index in [0.29, 0.717) is 18.4 Å². The number of aromatic nitrogens is 3. The first kappa shape index (κ1) is 11.9. The molecule has 1 N–H and O–H groups in total. The largest absolute Gasteiger partial charge is 0.360 e. The Balaban J connectivity index is 1.79. The molecule has 1 aliphatic carbocycles. The molecule has 3 rings (SSSR count). The molecule has 0 spiro atoms. The highest BCUT2D eigenvalue weighted by Crippen LogP contribution is 2.33. The highest BCUT2D eigenvalue weighted by molar-refractivity contribution is 5.33. The molecule has 19 heavy (non-hydrogen) atoms. The lowest BCUT2D eigenvalue weighted by molar-refractivity contribution is 0.699. The topological polar surface area (TPSA) is 59.8 Å². The molecule has 5 nitrogen and oxygen atoms in total. The van der Waals surface area contributed by atoms with Crippen molar-refractivity contribution in [2.24, 2.45) is 0 Å². The molecule has 0 saturated heterocycles. The van der Waals surface area contributed by atoms with Gasteiger partial charge < -0.3 is 9.88 Å². The average molecular weight is 256 g/mol. The highest BCUT2D eigenvalue weighted by Gasteiger charge is 2.25. The van der Waals surface area contributed by atoms with E-state index in [4.69, 9.17) is 0 Å². The minimum atomic E-state index is -0.0430. The molecular formula is C14H16N4O. The van der Waals surface area contributed by atoms with E-state index in [1.807, 2.05) is 19.1 Å². The van der Waals surface area contributed by atoms with Crippen molar-refractivity contribution in [2.45, 2.75) is 32.4 Å². The molecule has 5 heteroatoms. The van der Waals surface area contributed by atoms with Gasteiger partial charge in [0.05, 0.1) is 12.2 Å². The second-order valence-electron chi connectivity index (χ2n) is 4.84. The Kier molecular flexibility index (Phi) is 3.03. The van der Waals surface area contributed by atoms with Crippen molar-refractivity contribution in [3.63, 3.8) is 0 Å². The van der Waals surface area contributed by atoms with E-state index in [9.17, 15) is 4.79 Å².